The average Bonchev–Trinajstić information content (AvgIpc) is 3.30. The zero-order chi connectivity index (χ0) is 25.7. The summed E-state index contributed by atoms with van der Waals surface area (Å²) in [5.74, 6) is -0.565. The van der Waals surface area contributed by atoms with Crippen LogP contribution in [-0.4, -0.2) is 44.4 Å². The first-order chi connectivity index (χ1) is 17.4. The van der Waals surface area contributed by atoms with Crippen LogP contribution in [-0.2, 0) is 22.7 Å². The number of fused-ring (bicyclic) bond motifs is 1. The molecule has 0 radical (unpaired) electrons. The second-order valence-corrected chi connectivity index (χ2v) is 8.62. The lowest BCUT2D eigenvalue weighted by Crippen LogP contribution is -2.57. The summed E-state index contributed by atoms with van der Waals surface area (Å²) < 4.78 is 21.3. The first-order valence-electron chi connectivity index (χ1n) is 11.6. The summed E-state index contributed by atoms with van der Waals surface area (Å²) in [4.78, 5) is 28.7. The van der Waals surface area contributed by atoms with Crippen LogP contribution >= 0.6 is 0 Å². The Bertz CT molecular complexity index is 1370. The molecule has 0 saturated heterocycles. The maximum absolute atomic E-state index is 14.6. The molecule has 4 rings (SSSR count). The molecular weight excluding hydrogens is 461 g/mol. The van der Waals surface area contributed by atoms with Gasteiger partial charge in [-0.15, -0.1) is 5.10 Å². The molecule has 0 aliphatic rings. The van der Waals surface area contributed by atoms with Gasteiger partial charge in [0.05, 0.1) is 12.6 Å². The molecule has 0 aliphatic carbocycles. The Morgan fingerprint density at radius 1 is 1.06 bits per heavy atom. The third-order valence-electron chi connectivity index (χ3n) is 6.41. The fraction of sp³-hybridized carbons (Fsp3) is 0.259. The summed E-state index contributed by atoms with van der Waals surface area (Å²) in [6.45, 7) is 3.27. The van der Waals surface area contributed by atoms with Gasteiger partial charge in [0, 0.05) is 17.8 Å². The number of methoxy groups -OCH3 is 1. The van der Waals surface area contributed by atoms with Gasteiger partial charge in [-0.05, 0) is 55.8 Å². The van der Waals surface area contributed by atoms with Crippen LogP contribution in [0.15, 0.2) is 72.8 Å². The number of rotatable bonds is 9. The maximum Gasteiger partial charge on any atom is 0.250 e. The second-order valence-electron chi connectivity index (χ2n) is 8.62. The minimum Gasteiger partial charge on any atom is -0.497 e. The molecule has 0 aliphatic heterocycles. The average molecular weight is 490 g/mol. The zero-order valence-corrected chi connectivity index (χ0v) is 20.4. The number of anilines is 1. The van der Waals surface area contributed by atoms with Gasteiger partial charge in [-0.2, -0.15) is 0 Å². The monoisotopic (exact) mass is 489 g/mol. The van der Waals surface area contributed by atoms with Crippen LogP contribution in [0.2, 0.25) is 0 Å². The van der Waals surface area contributed by atoms with Gasteiger partial charge in [0.1, 0.15) is 29.2 Å². The number of nitrogens with zero attached hydrogens (tertiary/aromatic N) is 4. The summed E-state index contributed by atoms with van der Waals surface area (Å²) in [6.07, 6.45) is 0.299. The van der Waals surface area contributed by atoms with Crippen LogP contribution < -0.4 is 10.1 Å². The zero-order valence-electron chi connectivity index (χ0n) is 20.4. The molecule has 8 nitrogen and oxygen atoms in total. The first kappa shape index (κ1) is 24.8. The number of carbonyl (C=O) groups is 2. The van der Waals surface area contributed by atoms with Crippen LogP contribution in [0.5, 0.6) is 5.75 Å². The molecule has 36 heavy (non-hydrogen) atoms. The van der Waals surface area contributed by atoms with Crippen LogP contribution in [0.4, 0.5) is 10.1 Å². The van der Waals surface area contributed by atoms with Gasteiger partial charge in [0.15, 0.2) is 0 Å². The van der Waals surface area contributed by atoms with Crippen LogP contribution in [0.25, 0.3) is 11.0 Å². The molecule has 9 heteroatoms. The Morgan fingerprint density at radius 2 is 1.75 bits per heavy atom. The van der Waals surface area contributed by atoms with Gasteiger partial charge < -0.3 is 15.0 Å². The smallest absolute Gasteiger partial charge is 0.250 e. The largest absolute Gasteiger partial charge is 0.497 e. The molecule has 2 amide bonds. The van der Waals surface area contributed by atoms with E-state index >= 15 is 0 Å². The van der Waals surface area contributed by atoms with Crippen LogP contribution in [0.1, 0.15) is 25.8 Å². The summed E-state index contributed by atoms with van der Waals surface area (Å²) in [6, 6.07) is 20.4. The number of para-hydroxylation sites is 1. The van der Waals surface area contributed by atoms with E-state index in [-0.39, 0.29) is 24.9 Å². The molecular formula is C27H28FN5O3. The van der Waals surface area contributed by atoms with Crippen LogP contribution in [0.3, 0.4) is 0 Å². The number of benzene rings is 3. The minimum absolute atomic E-state index is 0.0848. The Hall–Kier alpha value is -4.27. The fourth-order valence-electron chi connectivity index (χ4n) is 4.00. The van der Waals surface area contributed by atoms with Crippen molar-refractivity contribution in [3.05, 3.63) is 84.2 Å². The van der Waals surface area contributed by atoms with Gasteiger partial charge in [0.25, 0.3) is 0 Å². The third kappa shape index (κ3) is 5.05. The molecule has 4 aromatic rings. The predicted octanol–water partition coefficient (Wildman–Crippen LogP) is 4.42. The lowest BCUT2D eigenvalue weighted by molar-refractivity contribution is -0.146. The van der Waals surface area contributed by atoms with Crippen molar-refractivity contribution in [3.63, 3.8) is 0 Å². The number of hydrogen-bond donors (Lipinski definition) is 1. The number of halogens is 1. The normalized spacial score (nSPS) is 12.7. The topological polar surface area (TPSA) is 89.4 Å². The van der Waals surface area contributed by atoms with E-state index in [2.05, 4.69) is 15.6 Å². The van der Waals surface area contributed by atoms with E-state index in [0.29, 0.717) is 34.5 Å². The van der Waals surface area contributed by atoms with E-state index < -0.39 is 11.4 Å². The first-order valence-corrected chi connectivity index (χ1v) is 11.6. The SMILES string of the molecule is CCC(C)(C(=O)Nc1ccc(OC)cc1)N(Cc1ccccc1F)C(=O)Cn1nnc2ccccc21. The van der Waals surface area contributed by atoms with Crippen molar-refractivity contribution >= 4 is 28.5 Å². The van der Waals surface area contributed by atoms with E-state index in [1.807, 2.05) is 25.1 Å². The lowest BCUT2D eigenvalue weighted by atomic mass is 9.93. The molecule has 0 fully saturated rings. The molecule has 0 saturated carbocycles. The van der Waals surface area contributed by atoms with Crippen molar-refractivity contribution < 1.29 is 18.7 Å². The second kappa shape index (κ2) is 10.6. The molecule has 1 unspecified atom stereocenters. The van der Waals surface area contributed by atoms with Gasteiger partial charge in [-0.3, -0.25) is 9.59 Å². The molecule has 1 heterocycles. The number of nitrogens with one attached hydrogen (secondary N) is 1. The predicted molar refractivity (Wildman–Crippen MR) is 135 cm³/mol. The van der Waals surface area contributed by atoms with Crippen molar-refractivity contribution in [1.29, 1.82) is 0 Å². The minimum atomic E-state index is -1.28. The van der Waals surface area contributed by atoms with Crippen molar-refractivity contribution in [1.82, 2.24) is 19.9 Å². The third-order valence-corrected chi connectivity index (χ3v) is 6.41. The highest BCUT2D eigenvalue weighted by molar-refractivity contribution is 6.00. The van der Waals surface area contributed by atoms with E-state index in [0.717, 1.165) is 0 Å². The molecule has 1 aromatic heterocycles. The van der Waals surface area contributed by atoms with Gasteiger partial charge in [-0.25, -0.2) is 9.07 Å². The summed E-state index contributed by atoms with van der Waals surface area (Å²) in [5.41, 5.74) is 0.932. The lowest BCUT2D eigenvalue weighted by Gasteiger charge is -2.39. The van der Waals surface area contributed by atoms with Crippen LogP contribution in [0, 0.1) is 5.82 Å². The number of ether oxygens (including phenoxy) is 1. The molecule has 1 N–H and O–H groups in total. The van der Waals surface area contributed by atoms with Crippen molar-refractivity contribution in [3.8, 4) is 5.75 Å². The summed E-state index contributed by atoms with van der Waals surface area (Å²) in [7, 11) is 1.56. The molecule has 1 atom stereocenters. The van der Waals surface area contributed by atoms with Crippen molar-refractivity contribution in [2.45, 2.75) is 38.9 Å². The molecule has 0 spiro atoms. The Balaban J connectivity index is 1.67. The standard InChI is InChI=1S/C27H28FN5O3/c1-4-27(2,26(35)29-20-13-15-21(36-3)16-14-20)32(17-19-9-5-6-10-22(19)28)25(34)18-33-24-12-8-7-11-23(24)30-31-33/h5-16H,4,17-18H2,1-3H3,(H,29,35). The van der Waals surface area contributed by atoms with E-state index in [1.165, 1.54) is 15.6 Å². The Labute approximate surface area is 208 Å². The number of amides is 2. The molecule has 3 aromatic carbocycles. The highest BCUT2D eigenvalue weighted by Crippen LogP contribution is 2.27. The quantitative estimate of drug-likeness (QED) is 0.376. The Kier molecular flexibility index (Phi) is 7.28. The van der Waals surface area contributed by atoms with E-state index in [9.17, 15) is 14.0 Å². The van der Waals surface area contributed by atoms with Gasteiger partial charge >= 0.3 is 0 Å². The highest BCUT2D eigenvalue weighted by atomic mass is 19.1. The van der Waals surface area contributed by atoms with Gasteiger partial charge in [-0.1, -0.05) is 42.5 Å². The van der Waals surface area contributed by atoms with Crippen molar-refractivity contribution in [2.24, 2.45) is 0 Å². The van der Waals surface area contributed by atoms with Crippen molar-refractivity contribution in [2.75, 3.05) is 12.4 Å². The number of hydrogen-bond acceptors (Lipinski definition) is 5. The molecule has 186 valence electrons. The number of aromatic nitrogens is 3. The Morgan fingerprint density at radius 3 is 2.44 bits per heavy atom. The van der Waals surface area contributed by atoms with E-state index in [1.54, 1.807) is 62.6 Å². The summed E-state index contributed by atoms with van der Waals surface area (Å²) >= 11 is 0. The highest BCUT2D eigenvalue weighted by Gasteiger charge is 2.41. The number of carbonyl (C=O) groups excluding carboxylic acids is 2. The van der Waals surface area contributed by atoms with Gasteiger partial charge in [0.2, 0.25) is 11.8 Å². The maximum atomic E-state index is 14.6. The van der Waals surface area contributed by atoms with E-state index in [4.69, 9.17) is 4.74 Å². The molecule has 0 bridgehead atoms. The summed E-state index contributed by atoms with van der Waals surface area (Å²) in [5, 5.41) is 11.1. The fourth-order valence-corrected chi connectivity index (χ4v) is 4.00.